The molecule has 0 amide bonds. The minimum atomic E-state index is -4.59. The average Bonchev–Trinajstić information content (AvgIpc) is 2.42. The Balaban J connectivity index is 2.42. The van der Waals surface area contributed by atoms with E-state index in [0.29, 0.717) is 5.69 Å². The highest BCUT2D eigenvalue weighted by molar-refractivity contribution is 9.10. The number of anilines is 3. The van der Waals surface area contributed by atoms with Gasteiger partial charge in [0.1, 0.15) is 5.82 Å². The lowest BCUT2D eigenvalue weighted by Crippen LogP contribution is -2.16. The number of hydrazine groups is 1. The van der Waals surface area contributed by atoms with Crippen molar-refractivity contribution in [2.24, 2.45) is 5.84 Å². The van der Waals surface area contributed by atoms with Crippen LogP contribution in [-0.2, 0) is 6.18 Å². The second-order valence-electron chi connectivity index (χ2n) is 4.17. The predicted octanol–water partition coefficient (Wildman–Crippen LogP) is 3.60. The van der Waals surface area contributed by atoms with Crippen LogP contribution in [0.2, 0.25) is 0 Å². The van der Waals surface area contributed by atoms with E-state index in [2.05, 4.69) is 31.2 Å². The molecule has 5 nitrogen and oxygen atoms in total. The number of rotatable bonds is 3. The smallest absolute Gasteiger partial charge is 0.339 e. The highest BCUT2D eigenvalue weighted by Gasteiger charge is 2.33. The summed E-state index contributed by atoms with van der Waals surface area (Å²) in [6.45, 7) is 1.86. The molecule has 1 aromatic carbocycles. The highest BCUT2D eigenvalue weighted by Crippen LogP contribution is 2.32. The van der Waals surface area contributed by atoms with Crippen molar-refractivity contribution in [2.75, 3.05) is 10.7 Å². The lowest BCUT2D eigenvalue weighted by Gasteiger charge is -2.13. The van der Waals surface area contributed by atoms with E-state index >= 15 is 0 Å². The number of hydrogen-bond acceptors (Lipinski definition) is 5. The molecule has 0 aliphatic rings. The Morgan fingerprint density at radius 3 is 2.57 bits per heavy atom. The van der Waals surface area contributed by atoms with Gasteiger partial charge in [0, 0.05) is 10.5 Å². The molecule has 0 radical (unpaired) electrons. The summed E-state index contributed by atoms with van der Waals surface area (Å²) in [4.78, 5) is 7.13. The SMILES string of the molecule is Cc1cccc(Nc2cc(C(F)(F)F)nc(NN)n2)c1Br. The van der Waals surface area contributed by atoms with Crippen LogP contribution in [-0.4, -0.2) is 9.97 Å². The number of alkyl halides is 3. The van der Waals surface area contributed by atoms with Crippen molar-refractivity contribution in [3.05, 3.63) is 40.0 Å². The number of aryl methyl sites for hydroxylation is 1. The number of nitrogens with one attached hydrogen (secondary N) is 2. The molecule has 0 fully saturated rings. The molecule has 0 aliphatic heterocycles. The topological polar surface area (TPSA) is 75.9 Å². The number of benzene rings is 1. The first-order valence-electron chi connectivity index (χ1n) is 5.76. The summed E-state index contributed by atoms with van der Waals surface area (Å²) < 4.78 is 39.0. The molecule has 0 unspecified atom stereocenters. The van der Waals surface area contributed by atoms with Crippen molar-refractivity contribution >= 4 is 33.4 Å². The van der Waals surface area contributed by atoms with Crippen LogP contribution in [0.5, 0.6) is 0 Å². The molecule has 1 aromatic heterocycles. The Morgan fingerprint density at radius 1 is 1.24 bits per heavy atom. The van der Waals surface area contributed by atoms with Gasteiger partial charge in [-0.2, -0.15) is 18.2 Å². The van der Waals surface area contributed by atoms with Gasteiger partial charge in [0.2, 0.25) is 5.95 Å². The lowest BCUT2D eigenvalue weighted by atomic mass is 10.2. The summed E-state index contributed by atoms with van der Waals surface area (Å²) in [6, 6.07) is 6.16. The van der Waals surface area contributed by atoms with E-state index in [4.69, 9.17) is 5.84 Å². The van der Waals surface area contributed by atoms with Gasteiger partial charge in [0.05, 0.1) is 5.69 Å². The van der Waals surface area contributed by atoms with Gasteiger partial charge < -0.3 is 5.32 Å². The van der Waals surface area contributed by atoms with E-state index in [0.717, 1.165) is 16.1 Å². The van der Waals surface area contributed by atoms with Crippen LogP contribution in [0.3, 0.4) is 0 Å². The zero-order valence-electron chi connectivity index (χ0n) is 10.8. The molecule has 9 heteroatoms. The van der Waals surface area contributed by atoms with Crippen LogP contribution in [0.4, 0.5) is 30.6 Å². The van der Waals surface area contributed by atoms with Crippen LogP contribution in [0.1, 0.15) is 11.3 Å². The lowest BCUT2D eigenvalue weighted by molar-refractivity contribution is -0.141. The first kappa shape index (κ1) is 15.5. The van der Waals surface area contributed by atoms with Crippen molar-refractivity contribution in [2.45, 2.75) is 13.1 Å². The van der Waals surface area contributed by atoms with Crippen molar-refractivity contribution in [1.29, 1.82) is 0 Å². The van der Waals surface area contributed by atoms with E-state index in [9.17, 15) is 13.2 Å². The maximum absolute atomic E-state index is 12.8. The van der Waals surface area contributed by atoms with Gasteiger partial charge in [-0.05, 0) is 34.5 Å². The largest absolute Gasteiger partial charge is 0.433 e. The van der Waals surface area contributed by atoms with Gasteiger partial charge in [0.15, 0.2) is 5.69 Å². The Morgan fingerprint density at radius 2 is 1.95 bits per heavy atom. The molecule has 0 atom stereocenters. The number of aromatic nitrogens is 2. The van der Waals surface area contributed by atoms with Crippen LogP contribution in [0, 0.1) is 6.92 Å². The fourth-order valence-corrected chi connectivity index (χ4v) is 1.97. The summed E-state index contributed by atoms with van der Waals surface area (Å²) in [5, 5.41) is 2.81. The molecule has 0 aliphatic carbocycles. The van der Waals surface area contributed by atoms with E-state index in [1.165, 1.54) is 0 Å². The third-order valence-electron chi connectivity index (χ3n) is 2.60. The first-order chi connectivity index (χ1) is 9.81. The van der Waals surface area contributed by atoms with Crippen molar-refractivity contribution in [1.82, 2.24) is 9.97 Å². The zero-order valence-corrected chi connectivity index (χ0v) is 12.4. The van der Waals surface area contributed by atoms with Gasteiger partial charge in [-0.3, -0.25) is 5.43 Å². The zero-order chi connectivity index (χ0) is 15.6. The van der Waals surface area contributed by atoms with Crippen molar-refractivity contribution in [3.63, 3.8) is 0 Å². The van der Waals surface area contributed by atoms with E-state index in [1.807, 2.05) is 18.4 Å². The third-order valence-corrected chi connectivity index (χ3v) is 3.65. The van der Waals surface area contributed by atoms with Gasteiger partial charge in [-0.25, -0.2) is 10.8 Å². The minimum absolute atomic E-state index is 0.0171. The summed E-state index contributed by atoms with van der Waals surface area (Å²) >= 11 is 3.36. The minimum Gasteiger partial charge on any atom is -0.339 e. The molecule has 0 saturated carbocycles. The fraction of sp³-hybridized carbons (Fsp3) is 0.167. The fourth-order valence-electron chi connectivity index (χ4n) is 1.60. The van der Waals surface area contributed by atoms with E-state index in [-0.39, 0.29) is 11.8 Å². The van der Waals surface area contributed by atoms with E-state index < -0.39 is 11.9 Å². The quantitative estimate of drug-likeness (QED) is 0.575. The van der Waals surface area contributed by atoms with Crippen molar-refractivity contribution < 1.29 is 13.2 Å². The third kappa shape index (κ3) is 3.61. The Labute approximate surface area is 126 Å². The van der Waals surface area contributed by atoms with Crippen LogP contribution in [0.15, 0.2) is 28.7 Å². The second kappa shape index (κ2) is 5.86. The molecule has 4 N–H and O–H groups in total. The second-order valence-corrected chi connectivity index (χ2v) is 4.96. The molecule has 21 heavy (non-hydrogen) atoms. The molecule has 112 valence electrons. The molecule has 0 spiro atoms. The van der Waals surface area contributed by atoms with Crippen LogP contribution < -0.4 is 16.6 Å². The molecule has 2 aromatic rings. The van der Waals surface area contributed by atoms with Gasteiger partial charge >= 0.3 is 6.18 Å². The molecular weight excluding hydrogens is 351 g/mol. The maximum atomic E-state index is 12.8. The van der Waals surface area contributed by atoms with Gasteiger partial charge in [-0.15, -0.1) is 0 Å². The number of halogens is 4. The number of nitrogens with two attached hydrogens (primary N) is 1. The average molecular weight is 362 g/mol. The molecular formula is C12H11BrF3N5. The van der Waals surface area contributed by atoms with Crippen LogP contribution in [0.25, 0.3) is 0 Å². The van der Waals surface area contributed by atoms with Gasteiger partial charge in [-0.1, -0.05) is 12.1 Å². The molecule has 2 rings (SSSR count). The molecule has 0 saturated heterocycles. The molecule has 1 heterocycles. The monoisotopic (exact) mass is 361 g/mol. The number of nitrogens with zero attached hydrogens (tertiary/aromatic N) is 2. The Bertz CT molecular complexity index is 660. The first-order valence-corrected chi connectivity index (χ1v) is 6.55. The summed E-state index contributed by atoms with van der Waals surface area (Å²) in [7, 11) is 0. The Hall–Kier alpha value is -1.87. The Kier molecular flexibility index (Phi) is 4.33. The van der Waals surface area contributed by atoms with E-state index in [1.54, 1.807) is 12.1 Å². The summed E-state index contributed by atoms with van der Waals surface area (Å²) in [5.41, 5.74) is 2.45. The maximum Gasteiger partial charge on any atom is 0.433 e. The van der Waals surface area contributed by atoms with Crippen molar-refractivity contribution in [3.8, 4) is 0 Å². The predicted molar refractivity (Wildman–Crippen MR) is 77.0 cm³/mol. The summed E-state index contributed by atoms with van der Waals surface area (Å²) in [5.74, 6) is 4.76. The van der Waals surface area contributed by atoms with Gasteiger partial charge in [0.25, 0.3) is 0 Å². The standard InChI is InChI=1S/C12H11BrF3N5/c1-6-3-2-4-7(10(6)13)18-9-5-8(12(14,15)16)19-11(20-9)21-17/h2-5H,17H2,1H3,(H2,18,19,20,21). The molecule has 0 bridgehead atoms. The van der Waals surface area contributed by atoms with Crippen LogP contribution >= 0.6 is 15.9 Å². The summed E-state index contributed by atoms with van der Waals surface area (Å²) in [6.07, 6.45) is -4.59. The number of nitrogen functional groups attached to an aromatic ring is 1. The normalized spacial score (nSPS) is 11.3. The highest BCUT2D eigenvalue weighted by atomic mass is 79.9. The number of hydrogen-bond donors (Lipinski definition) is 3.